The molecule has 3 N–H and O–H groups in total. The van der Waals surface area contributed by atoms with Crippen LogP contribution in [0.1, 0.15) is 12.8 Å². The lowest BCUT2D eigenvalue weighted by Crippen LogP contribution is -2.46. The van der Waals surface area contributed by atoms with E-state index in [9.17, 15) is 9.59 Å². The number of thioether (sulfide) groups is 1. The van der Waals surface area contributed by atoms with Gasteiger partial charge in [-0.1, -0.05) is 0 Å². The van der Waals surface area contributed by atoms with Crippen molar-refractivity contribution in [1.29, 1.82) is 0 Å². The van der Waals surface area contributed by atoms with E-state index in [0.717, 1.165) is 30.0 Å². The van der Waals surface area contributed by atoms with Crippen molar-refractivity contribution in [3.05, 3.63) is 24.3 Å². The second-order valence-corrected chi connectivity index (χ2v) is 6.77. The number of nitrogens with zero attached hydrogens (tertiary/aromatic N) is 1. The molecule has 1 aliphatic heterocycles. The number of ether oxygens (including phenoxy) is 1. The Morgan fingerprint density at radius 2 is 2.12 bits per heavy atom. The third-order valence-electron chi connectivity index (χ3n) is 4.01. The highest BCUT2D eigenvalue weighted by atomic mass is 32.2. The minimum absolute atomic E-state index is 0.000701. The smallest absolute Gasteiger partial charge is 0.232 e. The van der Waals surface area contributed by atoms with Crippen LogP contribution in [-0.4, -0.2) is 55.8 Å². The van der Waals surface area contributed by atoms with Gasteiger partial charge in [0.15, 0.2) is 0 Å². The van der Waals surface area contributed by atoms with E-state index in [1.165, 1.54) is 11.8 Å². The van der Waals surface area contributed by atoms with Crippen molar-refractivity contribution >= 4 is 23.6 Å². The Kier molecular flexibility index (Phi) is 7.39. The summed E-state index contributed by atoms with van der Waals surface area (Å²) >= 11 is 1.50. The minimum atomic E-state index is -0.125. The Bertz CT molecular complexity index is 551. The molecule has 0 aromatic heterocycles. The molecule has 1 atom stereocenters. The molecule has 1 unspecified atom stereocenters. The predicted octanol–water partition coefficient (Wildman–Crippen LogP) is 1.10. The minimum Gasteiger partial charge on any atom is -0.497 e. The van der Waals surface area contributed by atoms with Gasteiger partial charge in [-0.25, -0.2) is 0 Å². The van der Waals surface area contributed by atoms with Crippen molar-refractivity contribution in [1.82, 2.24) is 10.2 Å². The summed E-state index contributed by atoms with van der Waals surface area (Å²) < 4.78 is 5.12. The lowest BCUT2D eigenvalue weighted by atomic mass is 9.97. The number of hydrogen-bond acceptors (Lipinski definition) is 5. The molecule has 132 valence electrons. The molecule has 0 radical (unpaired) electrons. The Morgan fingerprint density at radius 1 is 1.38 bits per heavy atom. The van der Waals surface area contributed by atoms with Crippen LogP contribution in [0.2, 0.25) is 0 Å². The van der Waals surface area contributed by atoms with E-state index in [2.05, 4.69) is 5.32 Å². The van der Waals surface area contributed by atoms with Crippen LogP contribution in [0.3, 0.4) is 0 Å². The molecule has 1 aromatic carbocycles. The molecule has 7 heteroatoms. The van der Waals surface area contributed by atoms with Crippen LogP contribution in [0, 0.1) is 5.92 Å². The van der Waals surface area contributed by atoms with Gasteiger partial charge < -0.3 is 20.7 Å². The summed E-state index contributed by atoms with van der Waals surface area (Å²) in [5.41, 5.74) is 5.41. The first-order valence-corrected chi connectivity index (χ1v) is 9.15. The van der Waals surface area contributed by atoms with Gasteiger partial charge in [-0.05, 0) is 37.1 Å². The van der Waals surface area contributed by atoms with Crippen molar-refractivity contribution < 1.29 is 14.3 Å². The van der Waals surface area contributed by atoms with Crippen molar-refractivity contribution in [3.8, 4) is 5.75 Å². The molecule has 24 heavy (non-hydrogen) atoms. The average Bonchev–Trinajstić information content (AvgIpc) is 2.64. The zero-order valence-corrected chi connectivity index (χ0v) is 14.8. The number of rotatable bonds is 7. The quantitative estimate of drug-likeness (QED) is 0.719. The summed E-state index contributed by atoms with van der Waals surface area (Å²) in [5.74, 6) is 1.13. The number of carbonyl (C=O) groups excluding carboxylic acids is 2. The lowest BCUT2D eigenvalue weighted by molar-refractivity contribution is -0.133. The van der Waals surface area contributed by atoms with Gasteiger partial charge in [0.05, 0.1) is 18.8 Å². The Morgan fingerprint density at radius 3 is 2.79 bits per heavy atom. The summed E-state index contributed by atoms with van der Waals surface area (Å²) in [7, 11) is 1.63. The number of nitrogens with one attached hydrogen (secondary N) is 1. The van der Waals surface area contributed by atoms with Crippen molar-refractivity contribution in [2.75, 3.05) is 39.0 Å². The zero-order valence-electron chi connectivity index (χ0n) is 14.0. The molecule has 1 saturated heterocycles. The number of carbonyl (C=O) groups is 2. The third-order valence-corrected chi connectivity index (χ3v) is 5.01. The Balaban J connectivity index is 1.81. The summed E-state index contributed by atoms with van der Waals surface area (Å²) in [6.07, 6.45) is 1.69. The first-order valence-electron chi connectivity index (χ1n) is 8.16. The molecule has 1 aliphatic rings. The average molecular weight is 351 g/mol. The molecule has 1 fully saturated rings. The van der Waals surface area contributed by atoms with Crippen LogP contribution in [0.5, 0.6) is 5.75 Å². The fourth-order valence-electron chi connectivity index (χ4n) is 2.67. The molecule has 6 nitrogen and oxygen atoms in total. The Labute approximate surface area is 147 Å². The van der Waals surface area contributed by atoms with Crippen LogP contribution in [-0.2, 0) is 9.59 Å². The van der Waals surface area contributed by atoms with E-state index >= 15 is 0 Å². The highest BCUT2D eigenvalue weighted by molar-refractivity contribution is 8.00. The molecule has 0 spiro atoms. The van der Waals surface area contributed by atoms with E-state index in [1.54, 1.807) is 12.0 Å². The van der Waals surface area contributed by atoms with Crippen molar-refractivity contribution in [2.24, 2.45) is 11.7 Å². The standard InChI is InChI=1S/C17H25N3O3S/c1-23-14-4-6-15(7-5-14)24-12-16(21)20-10-2-3-13(11-20)17(22)19-9-8-18/h4-7,13H,2-3,8-12,18H2,1H3,(H,19,22). The molecule has 0 aliphatic carbocycles. The molecule has 2 amide bonds. The number of amides is 2. The topological polar surface area (TPSA) is 84.7 Å². The Hall–Kier alpha value is -1.73. The predicted molar refractivity (Wildman–Crippen MR) is 95.1 cm³/mol. The second-order valence-electron chi connectivity index (χ2n) is 5.72. The van der Waals surface area contributed by atoms with Gasteiger partial charge in [-0.3, -0.25) is 9.59 Å². The number of benzene rings is 1. The van der Waals surface area contributed by atoms with E-state index in [0.29, 0.717) is 25.4 Å². The maximum atomic E-state index is 12.4. The van der Waals surface area contributed by atoms with E-state index in [-0.39, 0.29) is 17.7 Å². The highest BCUT2D eigenvalue weighted by Crippen LogP contribution is 2.23. The van der Waals surface area contributed by atoms with Crippen LogP contribution in [0.4, 0.5) is 0 Å². The van der Waals surface area contributed by atoms with Crippen LogP contribution in [0.15, 0.2) is 29.2 Å². The van der Waals surface area contributed by atoms with Crippen molar-refractivity contribution in [2.45, 2.75) is 17.7 Å². The van der Waals surface area contributed by atoms with Gasteiger partial charge in [-0.15, -0.1) is 11.8 Å². The van der Waals surface area contributed by atoms with Gasteiger partial charge >= 0.3 is 0 Å². The van der Waals surface area contributed by atoms with Gasteiger partial charge in [0.25, 0.3) is 0 Å². The number of nitrogens with two attached hydrogens (primary N) is 1. The van der Waals surface area contributed by atoms with Crippen LogP contribution in [0.25, 0.3) is 0 Å². The summed E-state index contributed by atoms with van der Waals surface area (Å²) in [5, 5.41) is 2.81. The van der Waals surface area contributed by atoms with Crippen LogP contribution < -0.4 is 15.8 Å². The molecule has 0 bridgehead atoms. The van der Waals surface area contributed by atoms with Gasteiger partial charge in [0.2, 0.25) is 11.8 Å². The zero-order chi connectivity index (χ0) is 17.4. The highest BCUT2D eigenvalue weighted by Gasteiger charge is 2.28. The SMILES string of the molecule is COc1ccc(SCC(=O)N2CCCC(C(=O)NCCN)C2)cc1. The number of piperidine rings is 1. The largest absolute Gasteiger partial charge is 0.497 e. The lowest BCUT2D eigenvalue weighted by Gasteiger charge is -2.32. The normalized spacial score (nSPS) is 17.4. The summed E-state index contributed by atoms with van der Waals surface area (Å²) in [6.45, 7) is 2.14. The molecule has 2 rings (SSSR count). The third kappa shape index (κ3) is 5.42. The summed E-state index contributed by atoms with van der Waals surface area (Å²) in [6, 6.07) is 7.64. The fraction of sp³-hybridized carbons (Fsp3) is 0.529. The van der Waals surface area contributed by atoms with Gasteiger partial charge in [0.1, 0.15) is 5.75 Å². The number of likely N-dealkylation sites (tertiary alicyclic amines) is 1. The molecule has 0 saturated carbocycles. The van der Waals surface area contributed by atoms with Gasteiger partial charge in [-0.2, -0.15) is 0 Å². The van der Waals surface area contributed by atoms with E-state index < -0.39 is 0 Å². The molecular formula is C17H25N3O3S. The number of methoxy groups -OCH3 is 1. The van der Waals surface area contributed by atoms with Crippen molar-refractivity contribution in [3.63, 3.8) is 0 Å². The maximum absolute atomic E-state index is 12.4. The fourth-order valence-corrected chi connectivity index (χ4v) is 3.47. The second kappa shape index (κ2) is 9.54. The maximum Gasteiger partial charge on any atom is 0.232 e. The summed E-state index contributed by atoms with van der Waals surface area (Å²) in [4.78, 5) is 27.3. The van der Waals surface area contributed by atoms with Gasteiger partial charge in [0, 0.05) is 31.1 Å². The monoisotopic (exact) mass is 351 g/mol. The molecule has 1 aromatic rings. The first kappa shape index (κ1) is 18.6. The number of hydrogen-bond donors (Lipinski definition) is 2. The molecule has 1 heterocycles. The molecular weight excluding hydrogens is 326 g/mol. The van der Waals surface area contributed by atoms with E-state index in [4.69, 9.17) is 10.5 Å². The van der Waals surface area contributed by atoms with E-state index in [1.807, 2.05) is 24.3 Å². The van der Waals surface area contributed by atoms with Crippen LogP contribution >= 0.6 is 11.8 Å². The first-order chi connectivity index (χ1) is 11.6.